The van der Waals surface area contributed by atoms with Crippen LogP contribution in [0.25, 0.3) is 0 Å². The van der Waals surface area contributed by atoms with E-state index in [4.69, 9.17) is 21.6 Å². The number of carbonyl (C=O) groups is 1. The van der Waals surface area contributed by atoms with Gasteiger partial charge in [0.1, 0.15) is 0 Å². The highest BCUT2D eigenvalue weighted by Gasteiger charge is 2.11. The molecule has 0 saturated heterocycles. The van der Waals surface area contributed by atoms with Crippen LogP contribution in [0.2, 0.25) is 5.02 Å². The number of hydrogen-bond donors (Lipinski definition) is 2. The second kappa shape index (κ2) is 7.15. The van der Waals surface area contributed by atoms with E-state index in [9.17, 15) is 4.79 Å². The number of benzene rings is 2. The van der Waals surface area contributed by atoms with Crippen molar-refractivity contribution in [2.45, 2.75) is 6.61 Å². The monoisotopic (exact) mass is 306 g/mol. The normalized spacial score (nSPS) is 10.4. The third kappa shape index (κ3) is 3.87. The van der Waals surface area contributed by atoms with E-state index in [1.165, 1.54) is 6.07 Å². The van der Waals surface area contributed by atoms with Gasteiger partial charge in [0, 0.05) is 18.7 Å². The first-order valence-electron chi connectivity index (χ1n) is 5.84. The quantitative estimate of drug-likeness (QED) is 0.655. The lowest BCUT2D eigenvalue weighted by Gasteiger charge is -2.08. The molecule has 0 saturated carbocycles. The average Bonchev–Trinajstić information content (AvgIpc) is 2.48. The molecule has 2 aromatic carbocycles. The maximum absolute atomic E-state index is 12.0. The molecule has 20 heavy (non-hydrogen) atoms. The van der Waals surface area contributed by atoms with E-state index in [1.54, 1.807) is 12.1 Å². The zero-order valence-electron chi connectivity index (χ0n) is 10.5. The summed E-state index contributed by atoms with van der Waals surface area (Å²) in [7, 11) is 0.254. The van der Waals surface area contributed by atoms with Crippen molar-refractivity contribution in [2.75, 3.05) is 0 Å². The molecule has 2 rings (SSSR count). The fraction of sp³-hybridized carbons (Fsp3) is 0.0714. The van der Waals surface area contributed by atoms with Crippen LogP contribution in [0, 0.1) is 5.16 Å². The van der Waals surface area contributed by atoms with E-state index >= 15 is 0 Å². The van der Waals surface area contributed by atoms with Gasteiger partial charge in [0.2, 0.25) is 0 Å². The Morgan fingerprint density at radius 3 is 2.70 bits per heavy atom. The predicted octanol–water partition coefficient (Wildman–Crippen LogP) is 3.54. The first kappa shape index (κ1) is 14.7. The van der Waals surface area contributed by atoms with Gasteiger partial charge in [0.15, 0.2) is 0 Å². The van der Waals surface area contributed by atoms with Gasteiger partial charge in [-0.1, -0.05) is 41.9 Å². The van der Waals surface area contributed by atoms with Gasteiger partial charge in [0.25, 0.3) is 5.91 Å². The lowest BCUT2D eigenvalue weighted by molar-refractivity contribution is 0.0234. The summed E-state index contributed by atoms with van der Waals surface area (Å²) in [6.07, 6.45) is 0. The smallest absolute Gasteiger partial charge is 0.275 e. The highest BCUT2D eigenvalue weighted by atomic mass is 35.5. The Balaban J connectivity index is 1.98. The number of amides is 1. The van der Waals surface area contributed by atoms with Crippen molar-refractivity contribution in [3.63, 3.8) is 0 Å². The molecule has 4 nitrogen and oxygen atoms in total. The summed E-state index contributed by atoms with van der Waals surface area (Å²) in [5.41, 5.74) is 3.67. The van der Waals surface area contributed by atoms with Crippen LogP contribution >= 0.6 is 20.0 Å². The molecular formula is C14H12ClN2O2P. The molecule has 1 amide bonds. The number of rotatable bonds is 5. The molecule has 0 spiro atoms. The van der Waals surface area contributed by atoms with Gasteiger partial charge >= 0.3 is 0 Å². The minimum absolute atomic E-state index is 0.254. The van der Waals surface area contributed by atoms with Crippen LogP contribution in [0.15, 0.2) is 48.5 Å². The molecule has 6 heteroatoms. The molecule has 0 aliphatic heterocycles. The predicted molar refractivity (Wildman–Crippen MR) is 79.4 cm³/mol. The van der Waals surface area contributed by atoms with Crippen LogP contribution in [-0.2, 0) is 11.4 Å². The first-order valence-corrected chi connectivity index (χ1v) is 7.11. The van der Waals surface area contributed by atoms with Gasteiger partial charge in [0.05, 0.1) is 12.2 Å². The van der Waals surface area contributed by atoms with Crippen LogP contribution in [-0.4, -0.2) is 5.91 Å². The van der Waals surface area contributed by atoms with Crippen molar-refractivity contribution in [3.8, 4) is 0 Å². The van der Waals surface area contributed by atoms with Gasteiger partial charge in [-0.2, -0.15) is 0 Å². The van der Waals surface area contributed by atoms with Gasteiger partial charge < -0.3 is 0 Å². The van der Waals surface area contributed by atoms with Crippen molar-refractivity contribution < 1.29 is 9.63 Å². The molecule has 0 bridgehead atoms. The van der Waals surface area contributed by atoms with Crippen LogP contribution in [0.4, 0.5) is 0 Å². The Morgan fingerprint density at radius 1 is 1.25 bits per heavy atom. The molecule has 102 valence electrons. The molecule has 0 atom stereocenters. The minimum Gasteiger partial charge on any atom is -0.279 e. The second-order valence-electron chi connectivity index (χ2n) is 3.98. The van der Waals surface area contributed by atoms with Crippen molar-refractivity contribution in [2.24, 2.45) is 0 Å². The number of hydrogen-bond acceptors (Lipinski definition) is 3. The minimum atomic E-state index is -0.404. The molecule has 0 aliphatic carbocycles. The topological polar surface area (TPSA) is 62.2 Å². The van der Waals surface area contributed by atoms with E-state index in [2.05, 4.69) is 5.48 Å². The SMILES string of the molecule is N=Pc1ccc(Cl)cc1C(=O)NOCc1ccccc1. The van der Waals surface area contributed by atoms with E-state index < -0.39 is 5.91 Å². The van der Waals surface area contributed by atoms with Gasteiger partial charge in [-0.25, -0.2) is 5.48 Å². The highest BCUT2D eigenvalue weighted by molar-refractivity contribution is 7.35. The largest absolute Gasteiger partial charge is 0.279 e. The number of nitrogens with one attached hydrogen (secondary N) is 2. The molecule has 0 radical (unpaired) electrons. The van der Waals surface area contributed by atoms with Crippen molar-refractivity contribution in [1.29, 1.82) is 5.16 Å². The third-order valence-electron chi connectivity index (χ3n) is 2.57. The van der Waals surface area contributed by atoms with Crippen molar-refractivity contribution >= 4 is 31.2 Å². The Hall–Kier alpha value is -1.74. The average molecular weight is 307 g/mol. The van der Waals surface area contributed by atoms with Gasteiger partial charge in [-0.05, 0) is 23.8 Å². The molecular weight excluding hydrogens is 295 g/mol. The highest BCUT2D eigenvalue weighted by Crippen LogP contribution is 2.13. The van der Waals surface area contributed by atoms with Crippen LogP contribution in [0.1, 0.15) is 15.9 Å². The summed E-state index contributed by atoms with van der Waals surface area (Å²) >= 11 is 5.86. The molecule has 0 unspecified atom stereocenters. The number of hydroxylamine groups is 1. The van der Waals surface area contributed by atoms with Crippen LogP contribution < -0.4 is 10.8 Å². The van der Waals surface area contributed by atoms with Crippen LogP contribution in [0.5, 0.6) is 0 Å². The standard InChI is InChI=1S/C14H12ClN2O2P/c15-11-6-7-13(20-16)12(8-11)14(18)17-19-9-10-4-2-1-3-5-10/h1-8,16H,9H2,(H,17,18). The van der Waals surface area contributed by atoms with E-state index in [1.807, 2.05) is 30.3 Å². The van der Waals surface area contributed by atoms with E-state index in [0.717, 1.165) is 5.56 Å². The zero-order chi connectivity index (χ0) is 14.4. The Morgan fingerprint density at radius 2 is 2.00 bits per heavy atom. The van der Waals surface area contributed by atoms with Crippen LogP contribution in [0.3, 0.4) is 0 Å². The summed E-state index contributed by atoms with van der Waals surface area (Å²) < 4.78 is 0. The fourth-order valence-electron chi connectivity index (χ4n) is 1.60. The molecule has 2 aromatic rings. The zero-order valence-corrected chi connectivity index (χ0v) is 12.1. The molecule has 2 N–H and O–H groups in total. The maximum atomic E-state index is 12.0. The lowest BCUT2D eigenvalue weighted by atomic mass is 10.2. The molecule has 0 aliphatic rings. The fourth-order valence-corrected chi connectivity index (χ4v) is 2.21. The van der Waals surface area contributed by atoms with Crippen molar-refractivity contribution in [3.05, 3.63) is 64.7 Å². The van der Waals surface area contributed by atoms with Gasteiger partial charge in [-0.3, -0.25) is 14.8 Å². The Kier molecular flexibility index (Phi) is 5.24. The molecule has 0 fully saturated rings. The molecule has 0 aromatic heterocycles. The van der Waals surface area contributed by atoms with Crippen molar-refractivity contribution in [1.82, 2.24) is 5.48 Å². The molecule has 0 heterocycles. The number of carbonyl (C=O) groups excluding carboxylic acids is 1. The maximum Gasteiger partial charge on any atom is 0.275 e. The summed E-state index contributed by atoms with van der Waals surface area (Å²) in [5, 5.41) is 8.40. The Bertz CT molecular complexity index is 620. The summed E-state index contributed by atoms with van der Waals surface area (Å²) in [5.74, 6) is -0.404. The third-order valence-corrected chi connectivity index (χ3v) is 3.44. The number of halogens is 1. The lowest BCUT2D eigenvalue weighted by Crippen LogP contribution is -2.27. The summed E-state index contributed by atoms with van der Waals surface area (Å²) in [4.78, 5) is 17.2. The summed E-state index contributed by atoms with van der Waals surface area (Å²) in [6.45, 7) is 0.279. The second-order valence-corrected chi connectivity index (χ2v) is 5.12. The van der Waals surface area contributed by atoms with E-state index in [0.29, 0.717) is 15.9 Å². The van der Waals surface area contributed by atoms with E-state index in [-0.39, 0.29) is 15.0 Å². The summed E-state index contributed by atoms with van der Waals surface area (Å²) in [6, 6.07) is 14.3. The first-order chi connectivity index (χ1) is 9.70. The Labute approximate surface area is 123 Å². The van der Waals surface area contributed by atoms with Gasteiger partial charge in [-0.15, -0.1) is 0 Å².